The average Bonchev–Trinajstić information content (AvgIpc) is 2.54. The van der Waals surface area contributed by atoms with Gasteiger partial charge >= 0.3 is 0 Å². The molecule has 2 heterocycles. The third-order valence-electron chi connectivity index (χ3n) is 5.18. The quantitative estimate of drug-likeness (QED) is 0.852. The summed E-state index contributed by atoms with van der Waals surface area (Å²) in [5.41, 5.74) is 2.99. The van der Waals surface area contributed by atoms with E-state index in [1.807, 2.05) is 0 Å². The summed E-state index contributed by atoms with van der Waals surface area (Å²) in [5.74, 6) is 0. The summed E-state index contributed by atoms with van der Waals surface area (Å²) in [7, 11) is 0. The van der Waals surface area contributed by atoms with Gasteiger partial charge in [-0.15, -0.1) is 0 Å². The molecule has 0 aliphatic carbocycles. The van der Waals surface area contributed by atoms with E-state index in [1.165, 1.54) is 30.6 Å². The highest BCUT2D eigenvalue weighted by Gasteiger charge is 2.28. The summed E-state index contributed by atoms with van der Waals surface area (Å²) >= 11 is 0. The van der Waals surface area contributed by atoms with Crippen molar-refractivity contribution < 1.29 is 0 Å². The van der Waals surface area contributed by atoms with E-state index in [0.29, 0.717) is 11.5 Å². The number of nitrogens with zero attached hydrogens (tertiary/aromatic N) is 2. The standard InChI is InChI=1S/C18H31N3/c1-5-16(19-7-3)17-9-8-15(14-20-17)21-12-10-18(4,6-2)11-13-21/h8-9,14,16,19H,5-7,10-13H2,1-4H3. The maximum absolute atomic E-state index is 4.70. The molecule has 1 N–H and O–H groups in total. The lowest BCUT2D eigenvalue weighted by atomic mass is 9.78. The lowest BCUT2D eigenvalue weighted by molar-refractivity contribution is 0.238. The Morgan fingerprint density at radius 1 is 1.24 bits per heavy atom. The molecule has 1 aliphatic rings. The molecule has 1 unspecified atom stereocenters. The maximum Gasteiger partial charge on any atom is 0.0574 e. The second-order valence-corrected chi connectivity index (χ2v) is 6.61. The molecule has 1 fully saturated rings. The number of hydrogen-bond donors (Lipinski definition) is 1. The highest BCUT2D eigenvalue weighted by atomic mass is 15.1. The Bertz CT molecular complexity index is 419. The van der Waals surface area contributed by atoms with E-state index in [9.17, 15) is 0 Å². The van der Waals surface area contributed by atoms with Crippen molar-refractivity contribution in [2.45, 2.75) is 59.4 Å². The molecular weight excluding hydrogens is 258 g/mol. The van der Waals surface area contributed by atoms with Crippen LogP contribution in [0.15, 0.2) is 18.3 Å². The molecule has 0 radical (unpaired) electrons. The number of anilines is 1. The van der Waals surface area contributed by atoms with Crippen molar-refractivity contribution in [1.82, 2.24) is 10.3 Å². The van der Waals surface area contributed by atoms with Gasteiger partial charge in [-0.05, 0) is 43.4 Å². The van der Waals surface area contributed by atoms with Crippen LogP contribution in [0.25, 0.3) is 0 Å². The summed E-state index contributed by atoms with van der Waals surface area (Å²) in [6.07, 6.45) is 7.02. The molecule has 0 spiro atoms. The van der Waals surface area contributed by atoms with Gasteiger partial charge in [-0.25, -0.2) is 0 Å². The van der Waals surface area contributed by atoms with E-state index in [0.717, 1.165) is 26.1 Å². The third-order valence-corrected chi connectivity index (χ3v) is 5.18. The van der Waals surface area contributed by atoms with E-state index >= 15 is 0 Å². The van der Waals surface area contributed by atoms with E-state index in [-0.39, 0.29) is 0 Å². The Morgan fingerprint density at radius 3 is 2.43 bits per heavy atom. The van der Waals surface area contributed by atoms with E-state index in [4.69, 9.17) is 4.98 Å². The summed E-state index contributed by atoms with van der Waals surface area (Å²) < 4.78 is 0. The van der Waals surface area contributed by atoms with Crippen LogP contribution in [-0.2, 0) is 0 Å². The van der Waals surface area contributed by atoms with Crippen molar-refractivity contribution in [3.05, 3.63) is 24.0 Å². The van der Waals surface area contributed by atoms with Crippen LogP contribution < -0.4 is 10.2 Å². The van der Waals surface area contributed by atoms with Crippen LogP contribution >= 0.6 is 0 Å². The zero-order valence-corrected chi connectivity index (χ0v) is 14.2. The van der Waals surface area contributed by atoms with Crippen molar-refractivity contribution in [2.75, 3.05) is 24.5 Å². The van der Waals surface area contributed by atoms with E-state index in [1.54, 1.807) is 0 Å². The van der Waals surface area contributed by atoms with Gasteiger partial charge in [0.2, 0.25) is 0 Å². The second-order valence-electron chi connectivity index (χ2n) is 6.61. The molecule has 0 saturated carbocycles. The van der Waals surface area contributed by atoms with Crippen molar-refractivity contribution in [2.24, 2.45) is 5.41 Å². The first-order chi connectivity index (χ1) is 10.1. The van der Waals surface area contributed by atoms with Crippen LogP contribution in [-0.4, -0.2) is 24.6 Å². The molecule has 0 bridgehead atoms. The SMILES string of the molecule is CCNC(CC)c1ccc(N2CCC(C)(CC)CC2)cn1. The van der Waals surface area contributed by atoms with Crippen molar-refractivity contribution in [3.63, 3.8) is 0 Å². The Balaban J connectivity index is 2.00. The first kappa shape index (κ1) is 16.3. The number of nitrogens with one attached hydrogen (secondary N) is 1. The molecule has 1 aromatic heterocycles. The van der Waals surface area contributed by atoms with Crippen molar-refractivity contribution in [3.8, 4) is 0 Å². The van der Waals surface area contributed by atoms with E-state index in [2.05, 4.69) is 56.2 Å². The highest BCUT2D eigenvalue weighted by Crippen LogP contribution is 2.35. The lowest BCUT2D eigenvalue weighted by Gasteiger charge is -2.40. The number of pyridine rings is 1. The Kier molecular flexibility index (Phi) is 5.63. The number of aromatic nitrogens is 1. The smallest absolute Gasteiger partial charge is 0.0574 e. The van der Waals surface area contributed by atoms with Crippen molar-refractivity contribution in [1.29, 1.82) is 0 Å². The summed E-state index contributed by atoms with van der Waals surface area (Å²) in [6, 6.07) is 4.82. The minimum atomic E-state index is 0.383. The monoisotopic (exact) mass is 289 g/mol. The second kappa shape index (κ2) is 7.26. The molecule has 0 amide bonds. The zero-order valence-electron chi connectivity index (χ0n) is 14.2. The predicted molar refractivity (Wildman–Crippen MR) is 90.8 cm³/mol. The van der Waals surface area contributed by atoms with Crippen molar-refractivity contribution >= 4 is 5.69 Å². The van der Waals surface area contributed by atoms with Gasteiger partial charge in [-0.2, -0.15) is 0 Å². The molecule has 0 aromatic carbocycles. The Hall–Kier alpha value is -1.09. The molecule has 2 rings (SSSR count). The minimum Gasteiger partial charge on any atom is -0.370 e. The van der Waals surface area contributed by atoms with Crippen LogP contribution in [0.5, 0.6) is 0 Å². The highest BCUT2D eigenvalue weighted by molar-refractivity contribution is 5.45. The van der Waals surface area contributed by atoms with Crippen LogP contribution in [0.4, 0.5) is 5.69 Å². The van der Waals surface area contributed by atoms with Gasteiger partial charge in [-0.1, -0.05) is 34.1 Å². The van der Waals surface area contributed by atoms with Crippen LogP contribution in [0.2, 0.25) is 0 Å². The fourth-order valence-corrected chi connectivity index (χ4v) is 3.15. The Labute approximate surface area is 130 Å². The zero-order chi connectivity index (χ0) is 15.3. The van der Waals surface area contributed by atoms with Crippen LogP contribution in [0, 0.1) is 5.41 Å². The molecule has 1 aromatic rings. The fourth-order valence-electron chi connectivity index (χ4n) is 3.15. The average molecular weight is 289 g/mol. The lowest BCUT2D eigenvalue weighted by Crippen LogP contribution is -2.38. The summed E-state index contributed by atoms with van der Waals surface area (Å²) in [6.45, 7) is 12.4. The van der Waals surface area contributed by atoms with Gasteiger partial charge in [0, 0.05) is 19.1 Å². The first-order valence-corrected chi connectivity index (χ1v) is 8.56. The van der Waals surface area contributed by atoms with Gasteiger partial charge in [0.1, 0.15) is 0 Å². The van der Waals surface area contributed by atoms with Crippen LogP contribution in [0.1, 0.15) is 65.1 Å². The first-order valence-electron chi connectivity index (χ1n) is 8.56. The van der Waals surface area contributed by atoms with Gasteiger partial charge < -0.3 is 10.2 Å². The molecule has 118 valence electrons. The molecule has 21 heavy (non-hydrogen) atoms. The van der Waals surface area contributed by atoms with Gasteiger partial charge in [-0.3, -0.25) is 4.98 Å². The summed E-state index contributed by atoms with van der Waals surface area (Å²) in [5, 5.41) is 3.49. The fraction of sp³-hybridized carbons (Fsp3) is 0.722. The maximum atomic E-state index is 4.70. The molecule has 1 atom stereocenters. The minimum absolute atomic E-state index is 0.383. The third kappa shape index (κ3) is 3.97. The van der Waals surface area contributed by atoms with Crippen LogP contribution in [0.3, 0.4) is 0 Å². The number of piperidine rings is 1. The molecule has 1 aliphatic heterocycles. The molecule has 3 heteroatoms. The predicted octanol–water partition coefficient (Wildman–Crippen LogP) is 4.16. The number of hydrogen-bond acceptors (Lipinski definition) is 3. The molecule has 3 nitrogen and oxygen atoms in total. The van der Waals surface area contributed by atoms with Gasteiger partial charge in [0.15, 0.2) is 0 Å². The van der Waals surface area contributed by atoms with E-state index < -0.39 is 0 Å². The van der Waals surface area contributed by atoms with Gasteiger partial charge in [0.25, 0.3) is 0 Å². The molecular formula is C18H31N3. The number of rotatable bonds is 6. The topological polar surface area (TPSA) is 28.2 Å². The Morgan fingerprint density at radius 2 is 1.95 bits per heavy atom. The summed E-state index contributed by atoms with van der Waals surface area (Å²) in [4.78, 5) is 7.18. The normalized spacial score (nSPS) is 19.5. The van der Waals surface area contributed by atoms with Gasteiger partial charge in [0.05, 0.1) is 17.6 Å². The molecule has 1 saturated heterocycles. The largest absolute Gasteiger partial charge is 0.370 e.